The number of fused-ring (bicyclic) bond motifs is 1. The van der Waals surface area contributed by atoms with Crippen molar-refractivity contribution in [2.24, 2.45) is 11.8 Å². The van der Waals surface area contributed by atoms with E-state index >= 15 is 0 Å². The van der Waals surface area contributed by atoms with Crippen LogP contribution in [0.25, 0.3) is 0 Å². The number of likely N-dealkylation sites (tertiary alicyclic amines) is 1. The van der Waals surface area contributed by atoms with Gasteiger partial charge in [0.15, 0.2) is 5.82 Å². The molecule has 3 rings (SSSR count). The lowest BCUT2D eigenvalue weighted by atomic mass is 9.86. The molecule has 1 fully saturated rings. The minimum atomic E-state index is -0.0613. The number of aromatic nitrogens is 2. The normalized spacial score (nSPS) is 27.7. The van der Waals surface area contributed by atoms with Gasteiger partial charge in [0.25, 0.3) is 0 Å². The molecule has 1 aromatic rings. The standard InChI is InChI=1S/C15H23N3O/c1-15(2,3)14-16-13(17-19-14)10-18-8-11-6-4-5-7-12(11)9-18/h4-5,11-12H,6-10H2,1-3H3/t11-,12+. The van der Waals surface area contributed by atoms with Gasteiger partial charge < -0.3 is 4.52 Å². The monoisotopic (exact) mass is 261 g/mol. The van der Waals surface area contributed by atoms with Crippen LogP contribution in [0.4, 0.5) is 0 Å². The Labute approximate surface area is 114 Å². The first-order chi connectivity index (χ1) is 9.02. The Morgan fingerprint density at radius 3 is 2.37 bits per heavy atom. The van der Waals surface area contributed by atoms with Crippen LogP contribution in [-0.4, -0.2) is 28.1 Å². The highest BCUT2D eigenvalue weighted by molar-refractivity contribution is 5.02. The first-order valence-electron chi connectivity index (χ1n) is 7.23. The van der Waals surface area contributed by atoms with Gasteiger partial charge in [-0.15, -0.1) is 0 Å². The summed E-state index contributed by atoms with van der Waals surface area (Å²) in [4.78, 5) is 7.00. The van der Waals surface area contributed by atoms with E-state index in [0.29, 0.717) is 0 Å². The summed E-state index contributed by atoms with van der Waals surface area (Å²) in [5.41, 5.74) is -0.0613. The second-order valence-electron chi connectivity index (χ2n) is 6.92. The Kier molecular flexibility index (Phi) is 3.21. The smallest absolute Gasteiger partial charge is 0.232 e. The molecule has 0 unspecified atom stereocenters. The van der Waals surface area contributed by atoms with Gasteiger partial charge in [-0.1, -0.05) is 38.1 Å². The average Bonchev–Trinajstić information content (AvgIpc) is 2.94. The Balaban J connectivity index is 1.62. The van der Waals surface area contributed by atoms with Gasteiger partial charge in [-0.05, 0) is 24.7 Å². The van der Waals surface area contributed by atoms with Gasteiger partial charge in [0, 0.05) is 18.5 Å². The fourth-order valence-electron chi connectivity index (χ4n) is 3.06. The first-order valence-corrected chi connectivity index (χ1v) is 7.23. The summed E-state index contributed by atoms with van der Waals surface area (Å²) in [5, 5.41) is 4.12. The molecular weight excluding hydrogens is 238 g/mol. The molecule has 1 aliphatic carbocycles. The molecule has 2 atom stereocenters. The van der Waals surface area contributed by atoms with E-state index in [4.69, 9.17) is 4.52 Å². The van der Waals surface area contributed by atoms with Crippen LogP contribution in [0.2, 0.25) is 0 Å². The molecular formula is C15H23N3O. The molecule has 4 nitrogen and oxygen atoms in total. The average molecular weight is 261 g/mol. The molecule has 0 bridgehead atoms. The third kappa shape index (κ3) is 2.73. The number of allylic oxidation sites excluding steroid dienone is 2. The van der Waals surface area contributed by atoms with Crippen molar-refractivity contribution in [1.82, 2.24) is 15.0 Å². The maximum Gasteiger partial charge on any atom is 0.232 e. The Hall–Kier alpha value is -1.16. The lowest BCUT2D eigenvalue weighted by Gasteiger charge is -2.18. The van der Waals surface area contributed by atoms with E-state index < -0.39 is 0 Å². The molecule has 0 saturated carbocycles. The van der Waals surface area contributed by atoms with Crippen LogP contribution in [0.1, 0.15) is 45.3 Å². The van der Waals surface area contributed by atoms with Gasteiger partial charge in [-0.25, -0.2) is 0 Å². The summed E-state index contributed by atoms with van der Waals surface area (Å²) in [5.74, 6) is 3.23. The Morgan fingerprint density at radius 2 is 1.84 bits per heavy atom. The zero-order valence-electron chi connectivity index (χ0n) is 12.1. The van der Waals surface area contributed by atoms with Crippen LogP contribution in [0.3, 0.4) is 0 Å². The van der Waals surface area contributed by atoms with Crippen LogP contribution in [0, 0.1) is 11.8 Å². The van der Waals surface area contributed by atoms with Gasteiger partial charge in [0.05, 0.1) is 6.54 Å². The Morgan fingerprint density at radius 1 is 1.21 bits per heavy atom. The molecule has 0 N–H and O–H groups in total. The van der Waals surface area contributed by atoms with E-state index in [1.165, 1.54) is 25.9 Å². The number of rotatable bonds is 2. The van der Waals surface area contributed by atoms with Crippen LogP contribution < -0.4 is 0 Å². The second kappa shape index (κ2) is 4.75. The van der Waals surface area contributed by atoms with Crippen LogP contribution in [0.15, 0.2) is 16.7 Å². The van der Waals surface area contributed by atoms with Gasteiger partial charge in [-0.3, -0.25) is 4.90 Å². The fourth-order valence-corrected chi connectivity index (χ4v) is 3.06. The summed E-state index contributed by atoms with van der Waals surface area (Å²) in [6, 6.07) is 0. The van der Waals surface area contributed by atoms with Crippen molar-refractivity contribution in [3.63, 3.8) is 0 Å². The SMILES string of the molecule is CC(C)(C)c1nc(CN2C[C@H]3CC=CC[C@H]3C2)no1. The van der Waals surface area contributed by atoms with Gasteiger partial charge in [-0.2, -0.15) is 4.98 Å². The van der Waals surface area contributed by atoms with E-state index in [-0.39, 0.29) is 5.41 Å². The number of nitrogens with zero attached hydrogens (tertiary/aromatic N) is 3. The van der Waals surface area contributed by atoms with Crippen LogP contribution >= 0.6 is 0 Å². The predicted octanol–water partition coefficient (Wildman–Crippen LogP) is 2.77. The predicted molar refractivity (Wildman–Crippen MR) is 73.6 cm³/mol. The van der Waals surface area contributed by atoms with Crippen molar-refractivity contribution in [3.05, 3.63) is 23.9 Å². The van der Waals surface area contributed by atoms with Crippen molar-refractivity contribution in [3.8, 4) is 0 Å². The van der Waals surface area contributed by atoms with Crippen LogP contribution in [0.5, 0.6) is 0 Å². The number of hydrogen-bond donors (Lipinski definition) is 0. The molecule has 0 spiro atoms. The van der Waals surface area contributed by atoms with Gasteiger partial charge in [0.1, 0.15) is 0 Å². The van der Waals surface area contributed by atoms with Crippen LogP contribution in [-0.2, 0) is 12.0 Å². The van der Waals surface area contributed by atoms with Gasteiger partial charge in [0.2, 0.25) is 5.89 Å². The summed E-state index contributed by atoms with van der Waals surface area (Å²) < 4.78 is 5.36. The highest BCUT2D eigenvalue weighted by atomic mass is 16.5. The van der Waals surface area contributed by atoms with Crippen molar-refractivity contribution in [2.45, 2.75) is 45.6 Å². The highest BCUT2D eigenvalue weighted by Gasteiger charge is 2.33. The molecule has 1 aliphatic heterocycles. The van der Waals surface area contributed by atoms with E-state index in [9.17, 15) is 0 Å². The Bertz CT molecular complexity index is 456. The highest BCUT2D eigenvalue weighted by Crippen LogP contribution is 2.33. The molecule has 0 aromatic carbocycles. The van der Waals surface area contributed by atoms with Crippen molar-refractivity contribution >= 4 is 0 Å². The fraction of sp³-hybridized carbons (Fsp3) is 0.733. The summed E-state index contributed by atoms with van der Waals surface area (Å²) in [7, 11) is 0. The van der Waals surface area contributed by atoms with E-state index in [1.54, 1.807) is 0 Å². The van der Waals surface area contributed by atoms with E-state index in [0.717, 1.165) is 30.1 Å². The molecule has 19 heavy (non-hydrogen) atoms. The second-order valence-corrected chi connectivity index (χ2v) is 6.92. The molecule has 0 amide bonds. The molecule has 104 valence electrons. The van der Waals surface area contributed by atoms with Crippen molar-refractivity contribution < 1.29 is 4.52 Å². The topological polar surface area (TPSA) is 42.2 Å². The maximum atomic E-state index is 5.36. The summed E-state index contributed by atoms with van der Waals surface area (Å²) in [6.45, 7) is 9.47. The minimum absolute atomic E-state index is 0.0613. The molecule has 4 heteroatoms. The maximum absolute atomic E-state index is 5.36. The quantitative estimate of drug-likeness (QED) is 0.768. The molecule has 2 heterocycles. The number of hydrogen-bond acceptors (Lipinski definition) is 4. The van der Waals surface area contributed by atoms with Gasteiger partial charge >= 0.3 is 0 Å². The zero-order valence-corrected chi connectivity index (χ0v) is 12.1. The third-order valence-corrected chi connectivity index (χ3v) is 4.17. The summed E-state index contributed by atoms with van der Waals surface area (Å²) in [6.07, 6.45) is 7.13. The lowest BCUT2D eigenvalue weighted by molar-refractivity contribution is 0.289. The lowest BCUT2D eigenvalue weighted by Crippen LogP contribution is -2.21. The van der Waals surface area contributed by atoms with Crippen molar-refractivity contribution in [2.75, 3.05) is 13.1 Å². The third-order valence-electron chi connectivity index (χ3n) is 4.17. The first kappa shape index (κ1) is 12.9. The van der Waals surface area contributed by atoms with E-state index in [1.807, 2.05) is 0 Å². The summed E-state index contributed by atoms with van der Waals surface area (Å²) >= 11 is 0. The minimum Gasteiger partial charge on any atom is -0.339 e. The molecule has 2 aliphatic rings. The van der Waals surface area contributed by atoms with E-state index in [2.05, 4.69) is 48.0 Å². The largest absolute Gasteiger partial charge is 0.339 e. The molecule has 1 aromatic heterocycles. The van der Waals surface area contributed by atoms with Crippen molar-refractivity contribution in [1.29, 1.82) is 0 Å². The molecule has 0 radical (unpaired) electrons. The zero-order chi connectivity index (χ0) is 13.5. The molecule has 1 saturated heterocycles.